The van der Waals surface area contributed by atoms with Gasteiger partial charge in [-0.25, -0.2) is 4.98 Å². The summed E-state index contributed by atoms with van der Waals surface area (Å²) in [5, 5.41) is 14.5. The molecule has 1 amide bonds. The minimum Gasteiger partial charge on any atom is -0.392 e. The van der Waals surface area contributed by atoms with Gasteiger partial charge in [-0.15, -0.1) is 11.3 Å². The lowest BCUT2D eigenvalue weighted by atomic mass is 10.1. The molecule has 116 valence electrons. The second-order valence-electron chi connectivity index (χ2n) is 5.43. The van der Waals surface area contributed by atoms with E-state index in [4.69, 9.17) is 5.11 Å². The van der Waals surface area contributed by atoms with Crippen molar-refractivity contribution in [3.8, 4) is 0 Å². The summed E-state index contributed by atoms with van der Waals surface area (Å²) < 4.78 is 0. The Labute approximate surface area is 133 Å². The zero-order valence-corrected chi connectivity index (χ0v) is 13.1. The summed E-state index contributed by atoms with van der Waals surface area (Å²) in [6.07, 6.45) is 3.60. The lowest BCUT2D eigenvalue weighted by Gasteiger charge is -2.23. The lowest BCUT2D eigenvalue weighted by molar-refractivity contribution is -0.120. The maximum absolute atomic E-state index is 12.4. The van der Waals surface area contributed by atoms with Crippen LogP contribution in [0.2, 0.25) is 0 Å². The first-order chi connectivity index (χ1) is 10.8. The predicted octanol–water partition coefficient (Wildman–Crippen LogP) is 2.24. The van der Waals surface area contributed by atoms with Gasteiger partial charge < -0.3 is 10.4 Å². The fraction of sp³-hybridized carbons (Fsp3) is 0.375. The Balaban J connectivity index is 1.63. The summed E-state index contributed by atoms with van der Waals surface area (Å²) in [4.78, 5) is 18.7. The number of amides is 1. The molecule has 0 saturated carbocycles. The molecule has 0 bridgehead atoms. The van der Waals surface area contributed by atoms with Crippen molar-refractivity contribution < 1.29 is 9.90 Å². The van der Waals surface area contributed by atoms with Crippen LogP contribution in [0, 0.1) is 0 Å². The standard InChI is InChI=1S/C16H19N3O2S/c20-11-13-5-3-12(4-6-13)10-19-8-1-2-14(19)15(21)18-16-17-7-9-22-16/h3-7,9,14,20H,1-2,8,10-11H2,(H,17,18,21). The van der Waals surface area contributed by atoms with E-state index in [-0.39, 0.29) is 18.6 Å². The van der Waals surface area contributed by atoms with E-state index in [1.807, 2.05) is 29.6 Å². The molecule has 2 N–H and O–H groups in total. The number of carbonyl (C=O) groups excluding carboxylic acids is 1. The Kier molecular flexibility index (Phi) is 4.82. The van der Waals surface area contributed by atoms with Gasteiger partial charge in [0.1, 0.15) is 0 Å². The number of nitrogens with one attached hydrogen (secondary N) is 1. The molecule has 1 aromatic carbocycles. The van der Waals surface area contributed by atoms with Crippen molar-refractivity contribution in [3.05, 3.63) is 47.0 Å². The molecule has 1 atom stereocenters. The fourth-order valence-electron chi connectivity index (χ4n) is 2.77. The van der Waals surface area contributed by atoms with Crippen molar-refractivity contribution in [2.45, 2.75) is 32.0 Å². The number of aliphatic hydroxyl groups excluding tert-OH is 1. The number of hydrogen-bond acceptors (Lipinski definition) is 5. The molecule has 0 radical (unpaired) electrons. The maximum Gasteiger partial charge on any atom is 0.243 e. The van der Waals surface area contributed by atoms with E-state index in [9.17, 15) is 4.79 Å². The van der Waals surface area contributed by atoms with Crippen LogP contribution in [0.25, 0.3) is 0 Å². The molecule has 0 aliphatic carbocycles. The van der Waals surface area contributed by atoms with Crippen molar-refractivity contribution in [1.29, 1.82) is 0 Å². The summed E-state index contributed by atoms with van der Waals surface area (Å²) in [5.41, 5.74) is 2.06. The number of benzene rings is 1. The smallest absolute Gasteiger partial charge is 0.243 e. The van der Waals surface area contributed by atoms with Crippen LogP contribution >= 0.6 is 11.3 Å². The van der Waals surface area contributed by atoms with Crippen molar-refractivity contribution in [3.63, 3.8) is 0 Å². The van der Waals surface area contributed by atoms with Gasteiger partial charge in [0.15, 0.2) is 5.13 Å². The van der Waals surface area contributed by atoms with E-state index < -0.39 is 0 Å². The zero-order chi connectivity index (χ0) is 15.4. The van der Waals surface area contributed by atoms with Crippen molar-refractivity contribution in [2.24, 2.45) is 0 Å². The fourth-order valence-corrected chi connectivity index (χ4v) is 3.30. The molecule has 0 spiro atoms. The Bertz CT molecular complexity index is 613. The number of rotatable bonds is 5. The highest BCUT2D eigenvalue weighted by Crippen LogP contribution is 2.22. The molecule has 1 aliphatic heterocycles. The first-order valence-electron chi connectivity index (χ1n) is 7.39. The highest BCUT2D eigenvalue weighted by atomic mass is 32.1. The van der Waals surface area contributed by atoms with Gasteiger partial charge in [0.2, 0.25) is 5.91 Å². The number of nitrogens with zero attached hydrogens (tertiary/aromatic N) is 2. The lowest BCUT2D eigenvalue weighted by Crippen LogP contribution is -2.39. The molecule has 1 fully saturated rings. The quantitative estimate of drug-likeness (QED) is 0.887. The molecule has 2 aromatic rings. The number of carbonyl (C=O) groups is 1. The van der Waals surface area contributed by atoms with E-state index in [1.54, 1.807) is 6.20 Å². The number of aromatic nitrogens is 1. The van der Waals surface area contributed by atoms with Crippen LogP contribution in [-0.2, 0) is 17.9 Å². The number of anilines is 1. The van der Waals surface area contributed by atoms with E-state index in [1.165, 1.54) is 11.3 Å². The number of aliphatic hydroxyl groups is 1. The Morgan fingerprint density at radius 3 is 2.82 bits per heavy atom. The summed E-state index contributed by atoms with van der Waals surface area (Å²) in [6, 6.07) is 7.78. The molecule has 1 aliphatic rings. The van der Waals surface area contributed by atoms with Crippen LogP contribution in [-0.4, -0.2) is 33.5 Å². The minimum atomic E-state index is -0.0959. The van der Waals surface area contributed by atoms with Crippen LogP contribution in [0.3, 0.4) is 0 Å². The second kappa shape index (κ2) is 7.00. The number of thiazole rings is 1. The van der Waals surface area contributed by atoms with E-state index in [0.717, 1.165) is 37.1 Å². The first kappa shape index (κ1) is 15.1. The molecule has 2 heterocycles. The van der Waals surface area contributed by atoms with Crippen LogP contribution in [0.15, 0.2) is 35.8 Å². The van der Waals surface area contributed by atoms with Gasteiger partial charge in [0.05, 0.1) is 12.6 Å². The molecule has 1 aromatic heterocycles. The summed E-state index contributed by atoms with van der Waals surface area (Å²) in [5.74, 6) is 0.0272. The minimum absolute atomic E-state index is 0.0272. The second-order valence-corrected chi connectivity index (χ2v) is 6.32. The van der Waals surface area contributed by atoms with Crippen molar-refractivity contribution in [2.75, 3.05) is 11.9 Å². The average Bonchev–Trinajstić information content (AvgIpc) is 3.19. The van der Waals surface area contributed by atoms with Crippen LogP contribution in [0.1, 0.15) is 24.0 Å². The summed E-state index contributed by atoms with van der Waals surface area (Å²) in [6.45, 7) is 1.74. The van der Waals surface area contributed by atoms with Crippen molar-refractivity contribution in [1.82, 2.24) is 9.88 Å². The Morgan fingerprint density at radius 1 is 1.36 bits per heavy atom. The molecular formula is C16H19N3O2S. The third-order valence-electron chi connectivity index (χ3n) is 3.92. The number of hydrogen-bond donors (Lipinski definition) is 2. The summed E-state index contributed by atoms with van der Waals surface area (Å²) in [7, 11) is 0. The van der Waals surface area contributed by atoms with Gasteiger partial charge in [0.25, 0.3) is 0 Å². The summed E-state index contributed by atoms with van der Waals surface area (Å²) >= 11 is 1.43. The monoisotopic (exact) mass is 317 g/mol. The van der Waals surface area contributed by atoms with Gasteiger partial charge in [-0.1, -0.05) is 24.3 Å². The Morgan fingerprint density at radius 2 is 2.14 bits per heavy atom. The normalized spacial score (nSPS) is 18.5. The maximum atomic E-state index is 12.4. The molecule has 3 rings (SSSR count). The highest BCUT2D eigenvalue weighted by Gasteiger charge is 2.30. The topological polar surface area (TPSA) is 65.5 Å². The van der Waals surface area contributed by atoms with Gasteiger partial charge >= 0.3 is 0 Å². The van der Waals surface area contributed by atoms with Gasteiger partial charge in [-0.3, -0.25) is 9.69 Å². The van der Waals surface area contributed by atoms with Gasteiger partial charge in [0, 0.05) is 18.1 Å². The predicted molar refractivity (Wildman–Crippen MR) is 86.5 cm³/mol. The highest BCUT2D eigenvalue weighted by molar-refractivity contribution is 7.13. The SMILES string of the molecule is O=C(Nc1nccs1)C1CCCN1Cc1ccc(CO)cc1. The zero-order valence-electron chi connectivity index (χ0n) is 12.2. The third kappa shape index (κ3) is 3.52. The third-order valence-corrected chi connectivity index (χ3v) is 4.61. The van der Waals surface area contributed by atoms with E-state index in [0.29, 0.717) is 5.13 Å². The molecule has 6 heteroatoms. The first-order valence-corrected chi connectivity index (χ1v) is 8.27. The van der Waals surface area contributed by atoms with Gasteiger partial charge in [-0.2, -0.15) is 0 Å². The Hall–Kier alpha value is -1.76. The molecule has 5 nitrogen and oxygen atoms in total. The van der Waals surface area contributed by atoms with Gasteiger partial charge in [-0.05, 0) is 30.5 Å². The molecule has 22 heavy (non-hydrogen) atoms. The number of likely N-dealkylation sites (tertiary alicyclic amines) is 1. The molecule has 1 saturated heterocycles. The van der Waals surface area contributed by atoms with Crippen LogP contribution in [0.4, 0.5) is 5.13 Å². The van der Waals surface area contributed by atoms with Crippen LogP contribution in [0.5, 0.6) is 0 Å². The van der Waals surface area contributed by atoms with Crippen LogP contribution < -0.4 is 5.32 Å². The molecule has 1 unspecified atom stereocenters. The van der Waals surface area contributed by atoms with E-state index in [2.05, 4.69) is 15.2 Å². The average molecular weight is 317 g/mol. The van der Waals surface area contributed by atoms with Crippen molar-refractivity contribution >= 4 is 22.4 Å². The van der Waals surface area contributed by atoms with E-state index >= 15 is 0 Å². The molecular weight excluding hydrogens is 298 g/mol. The largest absolute Gasteiger partial charge is 0.392 e.